The molecular weight excluding hydrogens is 366 g/mol. The lowest BCUT2D eigenvalue weighted by molar-refractivity contribution is -0.132. The predicted molar refractivity (Wildman–Crippen MR) is 102 cm³/mol. The summed E-state index contributed by atoms with van der Waals surface area (Å²) in [5.41, 5.74) is -0.633. The molecule has 7 heteroatoms. The quantitative estimate of drug-likeness (QED) is 0.729. The minimum Gasteiger partial charge on any atom is -0.491 e. The van der Waals surface area contributed by atoms with Crippen LogP contribution in [0.15, 0.2) is 42.5 Å². The number of carbonyl (C=O) groups excluding carboxylic acids is 2. The number of amides is 2. The zero-order valence-corrected chi connectivity index (χ0v) is 15.9. The highest BCUT2D eigenvalue weighted by Crippen LogP contribution is 2.59. The van der Waals surface area contributed by atoms with E-state index >= 15 is 0 Å². The van der Waals surface area contributed by atoms with Crippen LogP contribution in [0.2, 0.25) is 0 Å². The monoisotopic (exact) mass is 388 g/mol. The van der Waals surface area contributed by atoms with Crippen LogP contribution in [-0.4, -0.2) is 18.4 Å². The van der Waals surface area contributed by atoms with Crippen LogP contribution in [-0.2, 0) is 9.59 Å². The summed E-state index contributed by atoms with van der Waals surface area (Å²) in [5.74, 6) is -2.28. The fourth-order valence-electron chi connectivity index (χ4n) is 3.56. The van der Waals surface area contributed by atoms with Gasteiger partial charge in [-0.25, -0.2) is 8.78 Å². The Morgan fingerprint density at radius 3 is 2.00 bits per heavy atom. The van der Waals surface area contributed by atoms with Gasteiger partial charge in [0.15, 0.2) is 11.6 Å². The molecule has 0 saturated heterocycles. The summed E-state index contributed by atoms with van der Waals surface area (Å²) in [6.07, 6.45) is 0. The van der Waals surface area contributed by atoms with E-state index in [1.54, 1.807) is 6.92 Å². The van der Waals surface area contributed by atoms with Crippen molar-refractivity contribution in [2.75, 3.05) is 17.2 Å². The van der Waals surface area contributed by atoms with Gasteiger partial charge in [-0.15, -0.1) is 0 Å². The molecule has 2 aromatic rings. The number of carbonyl (C=O) groups is 2. The summed E-state index contributed by atoms with van der Waals surface area (Å²) in [6, 6.07) is 9.42. The smallest absolute Gasteiger partial charge is 0.240 e. The molecule has 0 radical (unpaired) electrons. The Hall–Kier alpha value is -2.96. The zero-order valence-electron chi connectivity index (χ0n) is 15.9. The molecule has 2 N–H and O–H groups in total. The molecule has 1 aliphatic rings. The summed E-state index contributed by atoms with van der Waals surface area (Å²) < 4.78 is 32.2. The van der Waals surface area contributed by atoms with Crippen LogP contribution in [0.4, 0.5) is 20.2 Å². The van der Waals surface area contributed by atoms with Crippen molar-refractivity contribution in [1.82, 2.24) is 0 Å². The van der Waals surface area contributed by atoms with Gasteiger partial charge < -0.3 is 15.4 Å². The van der Waals surface area contributed by atoms with Crippen LogP contribution in [0.5, 0.6) is 5.75 Å². The maximum Gasteiger partial charge on any atom is 0.240 e. The highest BCUT2D eigenvalue weighted by Gasteiger charge is 2.69. The molecule has 148 valence electrons. The van der Waals surface area contributed by atoms with Gasteiger partial charge >= 0.3 is 0 Å². The Labute approximate surface area is 162 Å². The van der Waals surface area contributed by atoms with Crippen molar-refractivity contribution >= 4 is 23.2 Å². The minimum absolute atomic E-state index is 0.0948. The molecule has 0 spiro atoms. The molecular formula is C21H22F2N2O3. The van der Waals surface area contributed by atoms with E-state index in [2.05, 4.69) is 10.6 Å². The van der Waals surface area contributed by atoms with Gasteiger partial charge in [0.05, 0.1) is 6.61 Å². The fourth-order valence-corrected chi connectivity index (χ4v) is 3.56. The number of hydrogen-bond acceptors (Lipinski definition) is 3. The molecule has 1 saturated carbocycles. The van der Waals surface area contributed by atoms with E-state index < -0.39 is 28.9 Å². The molecule has 1 unspecified atom stereocenters. The third-order valence-corrected chi connectivity index (χ3v) is 5.42. The van der Waals surface area contributed by atoms with E-state index in [0.29, 0.717) is 12.3 Å². The topological polar surface area (TPSA) is 67.4 Å². The van der Waals surface area contributed by atoms with Gasteiger partial charge in [0.25, 0.3) is 0 Å². The van der Waals surface area contributed by atoms with Crippen LogP contribution < -0.4 is 15.4 Å². The normalized spacial score (nSPS) is 23.0. The first-order valence-corrected chi connectivity index (χ1v) is 9.11. The Kier molecular flexibility index (Phi) is 5.36. The summed E-state index contributed by atoms with van der Waals surface area (Å²) in [6.45, 7) is 5.69. The second-order valence-corrected chi connectivity index (χ2v) is 6.94. The molecule has 2 aromatic carbocycles. The van der Waals surface area contributed by atoms with Gasteiger partial charge in [-0.05, 0) is 55.2 Å². The Bertz CT molecular complexity index is 891. The standard InChI is InChI=1S/C21H22F2N2O3/c1-4-28-18-10-9-16(11-17(18)23)25-20(27)21(12(2)13(21)3)19(26)24-15-7-5-14(22)6-8-15/h5-13H,4H2,1-3H3,(H,24,26)(H,25,27)/t12-,13+,21?. The molecule has 28 heavy (non-hydrogen) atoms. The molecule has 5 nitrogen and oxygen atoms in total. The molecule has 2 amide bonds. The van der Waals surface area contributed by atoms with Crippen LogP contribution in [0.3, 0.4) is 0 Å². The van der Waals surface area contributed by atoms with E-state index in [1.165, 1.54) is 36.4 Å². The number of hydrogen-bond donors (Lipinski definition) is 2. The SMILES string of the molecule is CCOc1ccc(NC(=O)C2(C(=O)Nc3ccc(F)cc3)[C@H](C)[C@@H]2C)cc1F. The molecule has 1 aliphatic carbocycles. The first-order chi connectivity index (χ1) is 13.3. The maximum absolute atomic E-state index is 14.0. The van der Waals surface area contributed by atoms with Gasteiger partial charge in [-0.1, -0.05) is 13.8 Å². The lowest BCUT2D eigenvalue weighted by Crippen LogP contribution is -2.38. The number of anilines is 2. The van der Waals surface area contributed by atoms with Crippen molar-refractivity contribution in [3.8, 4) is 5.75 Å². The van der Waals surface area contributed by atoms with Crippen molar-refractivity contribution in [2.24, 2.45) is 17.3 Å². The van der Waals surface area contributed by atoms with Gasteiger partial charge in [-0.3, -0.25) is 9.59 Å². The molecule has 3 rings (SSSR count). The van der Waals surface area contributed by atoms with Crippen molar-refractivity contribution in [1.29, 1.82) is 0 Å². The van der Waals surface area contributed by atoms with Crippen molar-refractivity contribution in [3.05, 3.63) is 54.1 Å². The maximum atomic E-state index is 14.0. The van der Waals surface area contributed by atoms with Crippen molar-refractivity contribution < 1.29 is 23.1 Å². The number of rotatable bonds is 6. The molecule has 0 heterocycles. The van der Waals surface area contributed by atoms with Crippen LogP contribution in [0.1, 0.15) is 20.8 Å². The lowest BCUT2D eigenvalue weighted by Gasteiger charge is -2.18. The average molecular weight is 388 g/mol. The lowest BCUT2D eigenvalue weighted by atomic mass is 9.99. The van der Waals surface area contributed by atoms with E-state index in [0.717, 1.165) is 6.07 Å². The van der Waals surface area contributed by atoms with Gasteiger partial charge in [-0.2, -0.15) is 0 Å². The summed E-state index contributed by atoms with van der Waals surface area (Å²) in [5, 5.41) is 5.31. The molecule has 0 aliphatic heterocycles. The van der Waals surface area contributed by atoms with E-state index in [4.69, 9.17) is 4.74 Å². The van der Waals surface area contributed by atoms with E-state index in [1.807, 2.05) is 13.8 Å². The second kappa shape index (κ2) is 7.58. The number of halogens is 2. The third kappa shape index (κ3) is 3.44. The predicted octanol–water partition coefficient (Wildman–Crippen LogP) is 4.21. The molecule has 3 atom stereocenters. The summed E-state index contributed by atoms with van der Waals surface area (Å²) in [4.78, 5) is 25.8. The number of nitrogens with one attached hydrogen (secondary N) is 2. The Morgan fingerprint density at radius 1 is 0.964 bits per heavy atom. The Morgan fingerprint density at radius 2 is 1.50 bits per heavy atom. The molecule has 0 bridgehead atoms. The van der Waals surface area contributed by atoms with Crippen LogP contribution in [0, 0.1) is 28.9 Å². The highest BCUT2D eigenvalue weighted by molar-refractivity contribution is 6.17. The summed E-state index contributed by atoms with van der Waals surface area (Å²) >= 11 is 0. The van der Waals surface area contributed by atoms with E-state index in [9.17, 15) is 18.4 Å². The minimum atomic E-state index is -1.27. The van der Waals surface area contributed by atoms with Crippen LogP contribution in [0.25, 0.3) is 0 Å². The fraction of sp³-hybridized carbons (Fsp3) is 0.333. The largest absolute Gasteiger partial charge is 0.491 e. The third-order valence-electron chi connectivity index (χ3n) is 5.42. The summed E-state index contributed by atoms with van der Waals surface area (Å²) in [7, 11) is 0. The van der Waals surface area contributed by atoms with E-state index in [-0.39, 0.29) is 23.3 Å². The second-order valence-electron chi connectivity index (χ2n) is 6.94. The zero-order chi connectivity index (χ0) is 20.5. The molecule has 1 fully saturated rings. The first-order valence-electron chi connectivity index (χ1n) is 9.11. The van der Waals surface area contributed by atoms with Gasteiger partial charge in [0, 0.05) is 17.4 Å². The van der Waals surface area contributed by atoms with Gasteiger partial charge in [0.1, 0.15) is 11.2 Å². The number of benzene rings is 2. The average Bonchev–Trinajstić information content (AvgIpc) is 3.21. The van der Waals surface area contributed by atoms with Crippen LogP contribution >= 0.6 is 0 Å². The molecule has 0 aromatic heterocycles. The first kappa shape index (κ1) is 19.8. The highest BCUT2D eigenvalue weighted by atomic mass is 19.1. The van der Waals surface area contributed by atoms with Gasteiger partial charge in [0.2, 0.25) is 11.8 Å². The Balaban J connectivity index is 1.78. The van der Waals surface area contributed by atoms with Crippen molar-refractivity contribution in [2.45, 2.75) is 20.8 Å². The van der Waals surface area contributed by atoms with Crippen molar-refractivity contribution in [3.63, 3.8) is 0 Å². The number of ether oxygens (including phenoxy) is 1.